The van der Waals surface area contributed by atoms with Crippen molar-refractivity contribution in [3.05, 3.63) is 17.8 Å². The third-order valence-electron chi connectivity index (χ3n) is 3.69. The van der Waals surface area contributed by atoms with E-state index in [2.05, 4.69) is 11.9 Å². The van der Waals surface area contributed by atoms with Gasteiger partial charge in [-0.25, -0.2) is 9.78 Å². The predicted molar refractivity (Wildman–Crippen MR) is 72.0 cm³/mol. The zero-order chi connectivity index (χ0) is 14.0. The molecule has 2 atom stereocenters. The van der Waals surface area contributed by atoms with Gasteiger partial charge in [-0.1, -0.05) is 6.92 Å². The first-order valence-corrected chi connectivity index (χ1v) is 6.29. The van der Waals surface area contributed by atoms with E-state index < -0.39 is 5.97 Å². The Morgan fingerprint density at radius 3 is 3.05 bits per heavy atom. The molecular weight excluding hydrogens is 246 g/mol. The van der Waals surface area contributed by atoms with Crippen molar-refractivity contribution in [1.29, 1.82) is 0 Å². The summed E-state index contributed by atoms with van der Waals surface area (Å²) in [4.78, 5) is 17.9. The molecule has 1 aliphatic rings. The molecule has 0 saturated carbocycles. The van der Waals surface area contributed by atoms with Gasteiger partial charge in [-0.05, 0) is 18.4 Å². The lowest BCUT2D eigenvalue weighted by Gasteiger charge is -2.26. The van der Waals surface area contributed by atoms with Gasteiger partial charge in [0.25, 0.3) is 0 Å². The topological polar surface area (TPSA) is 88.7 Å². The van der Waals surface area contributed by atoms with Crippen molar-refractivity contribution in [1.82, 2.24) is 4.98 Å². The van der Waals surface area contributed by atoms with Crippen LogP contribution in [0, 0.1) is 5.92 Å². The second kappa shape index (κ2) is 5.44. The molecule has 0 bridgehead atoms. The van der Waals surface area contributed by atoms with Gasteiger partial charge in [-0.3, -0.25) is 0 Å². The second-order valence-corrected chi connectivity index (χ2v) is 4.83. The molecule has 19 heavy (non-hydrogen) atoms. The smallest absolute Gasteiger partial charge is 0.340 e. The predicted octanol–water partition coefficient (Wildman–Crippen LogP) is 0.657. The van der Waals surface area contributed by atoms with Gasteiger partial charge in [-0.15, -0.1) is 0 Å². The number of rotatable bonds is 3. The van der Waals surface area contributed by atoms with Crippen LogP contribution in [-0.2, 0) is 4.74 Å². The van der Waals surface area contributed by atoms with Crippen LogP contribution in [-0.4, -0.2) is 42.4 Å². The van der Waals surface area contributed by atoms with E-state index in [1.165, 1.54) is 13.3 Å². The number of carbonyl (C=O) groups is 1. The molecule has 1 aromatic heterocycles. The Morgan fingerprint density at radius 1 is 1.68 bits per heavy atom. The van der Waals surface area contributed by atoms with Crippen molar-refractivity contribution in [2.24, 2.45) is 5.92 Å². The van der Waals surface area contributed by atoms with Crippen LogP contribution in [0.25, 0.3) is 0 Å². The summed E-state index contributed by atoms with van der Waals surface area (Å²) in [6, 6.07) is 1.66. The third-order valence-corrected chi connectivity index (χ3v) is 3.69. The number of ether oxygens (including phenoxy) is 1. The largest absolute Gasteiger partial charge is 0.465 e. The van der Waals surface area contributed by atoms with E-state index in [0.29, 0.717) is 23.0 Å². The minimum atomic E-state index is -0.478. The van der Waals surface area contributed by atoms with E-state index in [0.717, 1.165) is 13.0 Å². The molecular formula is C13H19N3O3. The first kappa shape index (κ1) is 13.6. The van der Waals surface area contributed by atoms with Gasteiger partial charge < -0.3 is 20.5 Å². The quantitative estimate of drug-likeness (QED) is 0.780. The fraction of sp³-hybridized carbons (Fsp3) is 0.538. The zero-order valence-electron chi connectivity index (χ0n) is 11.2. The van der Waals surface area contributed by atoms with Crippen LogP contribution in [0.1, 0.15) is 23.7 Å². The molecule has 0 amide bonds. The summed E-state index contributed by atoms with van der Waals surface area (Å²) >= 11 is 0. The third kappa shape index (κ3) is 2.49. The lowest BCUT2D eigenvalue weighted by Crippen LogP contribution is -2.35. The van der Waals surface area contributed by atoms with E-state index >= 15 is 0 Å². The normalized spacial score (nSPS) is 22.6. The number of nitrogens with zero attached hydrogens (tertiary/aromatic N) is 2. The minimum absolute atomic E-state index is 0.0293. The van der Waals surface area contributed by atoms with Crippen molar-refractivity contribution < 1.29 is 14.6 Å². The van der Waals surface area contributed by atoms with Gasteiger partial charge >= 0.3 is 5.97 Å². The van der Waals surface area contributed by atoms with Crippen LogP contribution >= 0.6 is 0 Å². The number of hydrogen-bond acceptors (Lipinski definition) is 6. The number of aliphatic hydroxyl groups excluding tert-OH is 1. The van der Waals surface area contributed by atoms with E-state index in [1.54, 1.807) is 6.07 Å². The van der Waals surface area contributed by atoms with Crippen molar-refractivity contribution in [3.8, 4) is 0 Å². The van der Waals surface area contributed by atoms with Gasteiger partial charge in [0, 0.05) is 6.54 Å². The number of carbonyl (C=O) groups excluding carboxylic acids is 1. The molecule has 6 nitrogen and oxygen atoms in total. The number of anilines is 2. The van der Waals surface area contributed by atoms with Gasteiger partial charge in [0.15, 0.2) is 0 Å². The maximum absolute atomic E-state index is 11.6. The molecule has 1 saturated heterocycles. The van der Waals surface area contributed by atoms with Gasteiger partial charge in [-0.2, -0.15) is 0 Å². The average Bonchev–Trinajstić information content (AvgIpc) is 2.79. The number of hydrogen-bond donors (Lipinski definition) is 2. The molecule has 1 fully saturated rings. The van der Waals surface area contributed by atoms with Gasteiger partial charge in [0.2, 0.25) is 0 Å². The number of pyridine rings is 1. The minimum Gasteiger partial charge on any atom is -0.465 e. The Hall–Kier alpha value is -1.82. The molecule has 0 aliphatic carbocycles. The monoisotopic (exact) mass is 265 g/mol. The first-order valence-electron chi connectivity index (χ1n) is 6.29. The fourth-order valence-corrected chi connectivity index (χ4v) is 2.47. The molecule has 0 aromatic carbocycles. The Bertz CT molecular complexity index is 478. The Morgan fingerprint density at radius 2 is 2.42 bits per heavy atom. The van der Waals surface area contributed by atoms with Crippen molar-refractivity contribution in [3.63, 3.8) is 0 Å². The van der Waals surface area contributed by atoms with Crippen LogP contribution in [0.15, 0.2) is 12.3 Å². The molecule has 6 heteroatoms. The fourth-order valence-electron chi connectivity index (χ4n) is 2.47. The number of nitrogens with two attached hydrogens (primary N) is 1. The summed E-state index contributed by atoms with van der Waals surface area (Å²) in [6.07, 6.45) is 2.45. The summed E-state index contributed by atoms with van der Waals surface area (Å²) in [7, 11) is 1.32. The highest BCUT2D eigenvalue weighted by atomic mass is 16.5. The SMILES string of the molecule is COC(=O)c1cc(N2CCC(C)C2CO)ncc1N. The number of methoxy groups -OCH3 is 1. The number of aromatic nitrogens is 1. The Kier molecular flexibility index (Phi) is 3.90. The van der Waals surface area contributed by atoms with E-state index in [4.69, 9.17) is 10.5 Å². The molecule has 2 unspecified atom stereocenters. The summed E-state index contributed by atoms with van der Waals surface area (Å²) in [6.45, 7) is 2.98. The molecule has 0 spiro atoms. The molecule has 2 rings (SSSR count). The highest BCUT2D eigenvalue weighted by Crippen LogP contribution is 2.29. The molecule has 0 radical (unpaired) electrons. The molecule has 1 aromatic rings. The maximum Gasteiger partial charge on any atom is 0.340 e. The molecule has 2 heterocycles. The van der Waals surface area contributed by atoms with E-state index in [1.807, 2.05) is 4.90 Å². The summed E-state index contributed by atoms with van der Waals surface area (Å²) in [5.41, 5.74) is 6.33. The number of nitrogen functional groups attached to an aromatic ring is 1. The maximum atomic E-state index is 11.6. The number of esters is 1. The van der Waals surface area contributed by atoms with Crippen LogP contribution in [0.2, 0.25) is 0 Å². The highest BCUT2D eigenvalue weighted by Gasteiger charge is 2.31. The summed E-state index contributed by atoms with van der Waals surface area (Å²) in [5.74, 6) is 0.567. The van der Waals surface area contributed by atoms with Crippen LogP contribution in [0.5, 0.6) is 0 Å². The van der Waals surface area contributed by atoms with Gasteiger partial charge in [0.1, 0.15) is 5.82 Å². The van der Waals surface area contributed by atoms with Crippen molar-refractivity contribution in [2.45, 2.75) is 19.4 Å². The van der Waals surface area contributed by atoms with Crippen LogP contribution < -0.4 is 10.6 Å². The average molecular weight is 265 g/mol. The van der Waals surface area contributed by atoms with Gasteiger partial charge in [0.05, 0.1) is 37.2 Å². The first-order chi connectivity index (χ1) is 9.08. The molecule has 104 valence electrons. The Labute approximate surface area is 112 Å². The van der Waals surface area contributed by atoms with Crippen LogP contribution in [0.4, 0.5) is 11.5 Å². The lowest BCUT2D eigenvalue weighted by atomic mass is 10.0. The second-order valence-electron chi connectivity index (χ2n) is 4.83. The van der Waals surface area contributed by atoms with E-state index in [9.17, 15) is 9.90 Å². The van der Waals surface area contributed by atoms with Crippen molar-refractivity contribution in [2.75, 3.05) is 30.9 Å². The summed E-state index contributed by atoms with van der Waals surface area (Å²) in [5, 5.41) is 9.46. The van der Waals surface area contributed by atoms with Crippen LogP contribution in [0.3, 0.4) is 0 Å². The standard InChI is InChI=1S/C13H19N3O3/c1-8-3-4-16(11(8)7-17)12-5-9(13(18)19-2)10(14)6-15-12/h5-6,8,11,17H,3-4,7,14H2,1-2H3. The van der Waals surface area contributed by atoms with Crippen molar-refractivity contribution >= 4 is 17.5 Å². The summed E-state index contributed by atoms with van der Waals surface area (Å²) < 4.78 is 4.69. The van der Waals surface area contributed by atoms with E-state index in [-0.39, 0.29) is 12.6 Å². The highest BCUT2D eigenvalue weighted by molar-refractivity contribution is 5.95. The molecule has 1 aliphatic heterocycles. The zero-order valence-corrected chi connectivity index (χ0v) is 11.2. The lowest BCUT2D eigenvalue weighted by molar-refractivity contribution is 0.0602. The molecule has 3 N–H and O–H groups in total. The number of aliphatic hydroxyl groups is 1. The Balaban J connectivity index is 2.33.